The number of benzene rings is 1. The highest BCUT2D eigenvalue weighted by atomic mass is 19.1. The second kappa shape index (κ2) is 5.23. The van der Waals surface area contributed by atoms with E-state index < -0.39 is 17.2 Å². The van der Waals surface area contributed by atoms with Crippen LogP contribution in [0, 0.1) is 11.6 Å². The Morgan fingerprint density at radius 3 is 2.53 bits per heavy atom. The van der Waals surface area contributed by atoms with Gasteiger partial charge >= 0.3 is 0 Å². The first-order valence-corrected chi connectivity index (χ1v) is 5.38. The molecule has 0 fully saturated rings. The van der Waals surface area contributed by atoms with E-state index in [0.717, 1.165) is 12.1 Å². The summed E-state index contributed by atoms with van der Waals surface area (Å²) in [5, 5.41) is 5.38. The molecule has 0 aliphatic rings. The first-order valence-electron chi connectivity index (χ1n) is 5.38. The SMILES string of the molecule is CCNC(C)(C)C(=O)Nc1ccc(F)cc1F. The second-order valence-electron chi connectivity index (χ2n) is 4.23. The highest BCUT2D eigenvalue weighted by molar-refractivity contribution is 5.97. The lowest BCUT2D eigenvalue weighted by molar-refractivity contribution is -0.121. The molecule has 0 radical (unpaired) electrons. The van der Waals surface area contributed by atoms with Crippen LogP contribution in [0.25, 0.3) is 0 Å². The summed E-state index contributed by atoms with van der Waals surface area (Å²) in [6, 6.07) is 3.03. The van der Waals surface area contributed by atoms with Gasteiger partial charge in [-0.2, -0.15) is 0 Å². The number of carbonyl (C=O) groups excluding carboxylic acids is 1. The van der Waals surface area contributed by atoms with E-state index in [1.165, 1.54) is 6.07 Å². The Morgan fingerprint density at radius 2 is 2.00 bits per heavy atom. The topological polar surface area (TPSA) is 41.1 Å². The highest BCUT2D eigenvalue weighted by Crippen LogP contribution is 2.16. The number of carbonyl (C=O) groups is 1. The molecule has 1 amide bonds. The van der Waals surface area contributed by atoms with Crippen LogP contribution in [0.1, 0.15) is 20.8 Å². The van der Waals surface area contributed by atoms with Gasteiger partial charge in [0.15, 0.2) is 0 Å². The predicted molar refractivity (Wildman–Crippen MR) is 62.7 cm³/mol. The van der Waals surface area contributed by atoms with Gasteiger partial charge in [0.1, 0.15) is 11.6 Å². The molecule has 1 aromatic carbocycles. The van der Waals surface area contributed by atoms with Gasteiger partial charge in [0, 0.05) is 6.07 Å². The molecule has 2 N–H and O–H groups in total. The minimum absolute atomic E-state index is 0.0256. The van der Waals surface area contributed by atoms with Gasteiger partial charge in [-0.05, 0) is 32.5 Å². The number of nitrogens with one attached hydrogen (secondary N) is 2. The van der Waals surface area contributed by atoms with Gasteiger partial charge in [0.25, 0.3) is 0 Å². The standard InChI is InChI=1S/C12H16F2N2O/c1-4-15-12(2,3)11(17)16-10-6-5-8(13)7-9(10)14/h5-7,15H,4H2,1-3H3,(H,16,17). The van der Waals surface area contributed by atoms with E-state index in [2.05, 4.69) is 10.6 Å². The van der Waals surface area contributed by atoms with Crippen LogP contribution < -0.4 is 10.6 Å². The minimum Gasteiger partial charge on any atom is -0.322 e. The Labute approximate surface area is 99.2 Å². The summed E-state index contributed by atoms with van der Waals surface area (Å²) in [4.78, 5) is 11.8. The third kappa shape index (κ3) is 3.49. The van der Waals surface area contributed by atoms with Crippen molar-refractivity contribution in [3.8, 4) is 0 Å². The second-order valence-corrected chi connectivity index (χ2v) is 4.23. The van der Waals surface area contributed by atoms with E-state index in [4.69, 9.17) is 0 Å². The van der Waals surface area contributed by atoms with Crippen molar-refractivity contribution in [3.05, 3.63) is 29.8 Å². The molecule has 17 heavy (non-hydrogen) atoms. The lowest BCUT2D eigenvalue weighted by Crippen LogP contribution is -2.49. The summed E-state index contributed by atoms with van der Waals surface area (Å²) in [7, 11) is 0. The van der Waals surface area contributed by atoms with Gasteiger partial charge < -0.3 is 10.6 Å². The normalized spacial score (nSPS) is 11.4. The van der Waals surface area contributed by atoms with Gasteiger partial charge in [0.05, 0.1) is 11.2 Å². The Kier molecular flexibility index (Phi) is 4.17. The molecule has 0 atom stereocenters. The highest BCUT2D eigenvalue weighted by Gasteiger charge is 2.26. The first-order chi connectivity index (χ1) is 7.86. The molecule has 0 unspecified atom stereocenters. The number of hydrogen-bond acceptors (Lipinski definition) is 2. The molecule has 94 valence electrons. The zero-order valence-electron chi connectivity index (χ0n) is 10.1. The van der Waals surface area contributed by atoms with Crippen LogP contribution in [-0.4, -0.2) is 18.0 Å². The average molecular weight is 242 g/mol. The van der Waals surface area contributed by atoms with Crippen LogP contribution in [0.2, 0.25) is 0 Å². The molecule has 0 bridgehead atoms. The average Bonchev–Trinajstić information content (AvgIpc) is 2.22. The summed E-state index contributed by atoms with van der Waals surface area (Å²) in [5.41, 5.74) is -0.836. The maximum absolute atomic E-state index is 13.3. The van der Waals surface area contributed by atoms with Gasteiger partial charge in [-0.3, -0.25) is 4.79 Å². The van der Waals surface area contributed by atoms with Crippen molar-refractivity contribution in [2.75, 3.05) is 11.9 Å². The van der Waals surface area contributed by atoms with Crippen molar-refractivity contribution in [1.82, 2.24) is 5.32 Å². The van der Waals surface area contributed by atoms with Crippen molar-refractivity contribution in [2.24, 2.45) is 0 Å². The maximum Gasteiger partial charge on any atom is 0.244 e. The number of hydrogen-bond donors (Lipinski definition) is 2. The summed E-state index contributed by atoms with van der Waals surface area (Å²) in [5.74, 6) is -1.83. The largest absolute Gasteiger partial charge is 0.322 e. The molecule has 5 heteroatoms. The molecular weight excluding hydrogens is 226 g/mol. The monoisotopic (exact) mass is 242 g/mol. The lowest BCUT2D eigenvalue weighted by atomic mass is 10.0. The molecule has 0 saturated carbocycles. The van der Waals surface area contributed by atoms with Crippen molar-refractivity contribution < 1.29 is 13.6 Å². The van der Waals surface area contributed by atoms with Crippen LogP contribution in [0.5, 0.6) is 0 Å². The van der Waals surface area contributed by atoms with E-state index in [1.54, 1.807) is 13.8 Å². The van der Waals surface area contributed by atoms with Crippen LogP contribution in [0.15, 0.2) is 18.2 Å². The van der Waals surface area contributed by atoms with Crippen LogP contribution in [-0.2, 0) is 4.79 Å². The molecule has 1 aromatic rings. The first kappa shape index (κ1) is 13.6. The zero-order valence-corrected chi connectivity index (χ0v) is 10.1. The molecule has 0 spiro atoms. The number of rotatable bonds is 4. The van der Waals surface area contributed by atoms with E-state index in [9.17, 15) is 13.6 Å². The van der Waals surface area contributed by atoms with Gasteiger partial charge in [-0.25, -0.2) is 8.78 Å². The molecule has 0 saturated heterocycles. The summed E-state index contributed by atoms with van der Waals surface area (Å²) < 4.78 is 26.0. The van der Waals surface area contributed by atoms with Crippen LogP contribution in [0.4, 0.5) is 14.5 Å². The Bertz CT molecular complexity index is 419. The molecule has 0 aliphatic heterocycles. The fourth-order valence-electron chi connectivity index (χ4n) is 1.39. The Balaban J connectivity index is 2.81. The molecule has 3 nitrogen and oxygen atoms in total. The predicted octanol–water partition coefficient (Wildman–Crippen LogP) is 2.29. The Hall–Kier alpha value is -1.49. The number of likely N-dealkylation sites (N-methyl/N-ethyl adjacent to an activating group) is 1. The molecule has 0 heterocycles. The van der Waals surface area contributed by atoms with Crippen LogP contribution in [0.3, 0.4) is 0 Å². The molecular formula is C12H16F2N2O. The van der Waals surface area contributed by atoms with Gasteiger partial charge in [0.2, 0.25) is 5.91 Å². The van der Waals surface area contributed by atoms with Gasteiger partial charge in [-0.15, -0.1) is 0 Å². The maximum atomic E-state index is 13.3. The third-order valence-electron chi connectivity index (χ3n) is 2.37. The lowest BCUT2D eigenvalue weighted by Gasteiger charge is -2.24. The minimum atomic E-state index is -0.810. The summed E-state index contributed by atoms with van der Waals surface area (Å²) in [6.07, 6.45) is 0. The van der Waals surface area contributed by atoms with E-state index >= 15 is 0 Å². The number of anilines is 1. The van der Waals surface area contributed by atoms with E-state index in [0.29, 0.717) is 6.54 Å². The third-order valence-corrected chi connectivity index (χ3v) is 2.37. The van der Waals surface area contributed by atoms with E-state index in [1.807, 2.05) is 6.92 Å². The molecule has 0 aliphatic carbocycles. The quantitative estimate of drug-likeness (QED) is 0.850. The van der Waals surface area contributed by atoms with Crippen molar-refractivity contribution in [3.63, 3.8) is 0 Å². The zero-order chi connectivity index (χ0) is 13.1. The molecule has 1 rings (SSSR count). The molecule has 0 aromatic heterocycles. The summed E-state index contributed by atoms with van der Waals surface area (Å²) in [6.45, 7) is 5.86. The fourth-order valence-corrected chi connectivity index (χ4v) is 1.39. The number of halogens is 2. The number of amides is 1. The Morgan fingerprint density at radius 1 is 1.35 bits per heavy atom. The van der Waals surface area contributed by atoms with Crippen molar-refractivity contribution in [2.45, 2.75) is 26.3 Å². The fraction of sp³-hybridized carbons (Fsp3) is 0.417. The van der Waals surface area contributed by atoms with Crippen LogP contribution >= 0.6 is 0 Å². The summed E-state index contributed by atoms with van der Waals surface area (Å²) >= 11 is 0. The van der Waals surface area contributed by atoms with E-state index in [-0.39, 0.29) is 11.6 Å². The van der Waals surface area contributed by atoms with Gasteiger partial charge in [-0.1, -0.05) is 6.92 Å². The smallest absolute Gasteiger partial charge is 0.244 e. The van der Waals surface area contributed by atoms with Crippen molar-refractivity contribution >= 4 is 11.6 Å². The van der Waals surface area contributed by atoms with Crippen molar-refractivity contribution in [1.29, 1.82) is 0 Å².